The number of hydrogen-bond donors (Lipinski definition) is 1. The predicted molar refractivity (Wildman–Crippen MR) is 104 cm³/mol. The lowest BCUT2D eigenvalue weighted by molar-refractivity contribution is 0.690. The predicted octanol–water partition coefficient (Wildman–Crippen LogP) is 5.00. The van der Waals surface area contributed by atoms with E-state index in [1.165, 1.54) is 47.2 Å². The summed E-state index contributed by atoms with van der Waals surface area (Å²) >= 11 is 0. The highest BCUT2D eigenvalue weighted by molar-refractivity contribution is 6.08. The van der Waals surface area contributed by atoms with Crippen LogP contribution >= 0.6 is 0 Å². The summed E-state index contributed by atoms with van der Waals surface area (Å²) in [6.07, 6.45) is 10.6. The van der Waals surface area contributed by atoms with Gasteiger partial charge in [-0.3, -0.25) is 4.99 Å². The quantitative estimate of drug-likeness (QED) is 0.580. The average molecular weight is 314 g/mol. The van der Waals surface area contributed by atoms with Gasteiger partial charge in [0.05, 0.1) is 0 Å². The Morgan fingerprint density at radius 1 is 0.792 bits per heavy atom. The molecule has 0 bridgehead atoms. The first-order valence-electron chi connectivity index (χ1n) is 8.76. The minimum atomic E-state index is 0.872. The summed E-state index contributed by atoms with van der Waals surface area (Å²) in [5, 5.41) is 8.60. The highest BCUT2D eigenvalue weighted by Crippen LogP contribution is 2.33. The van der Waals surface area contributed by atoms with E-state index in [1.54, 1.807) is 17.3 Å². The van der Waals surface area contributed by atoms with E-state index in [0.717, 1.165) is 6.54 Å². The van der Waals surface area contributed by atoms with Crippen LogP contribution in [-0.4, -0.2) is 12.8 Å². The standard InChI is InChI=1S/C18H16.C4H6N2/c1-3-7-15-13(5-1)9-11-18-16-8-4-2-6-14(16)10-12-17(15)18;1-2-6-4-3-5-1/h1,3,5,7,9-12H,2,4,6,8H2;1-3,6H,4H2. The van der Waals surface area contributed by atoms with Crippen LogP contribution in [0.2, 0.25) is 0 Å². The summed E-state index contributed by atoms with van der Waals surface area (Å²) in [5.41, 5.74) is 3.17. The molecule has 0 aromatic heterocycles. The lowest BCUT2D eigenvalue weighted by Gasteiger charge is -2.18. The topological polar surface area (TPSA) is 24.4 Å². The van der Waals surface area contributed by atoms with Crippen molar-refractivity contribution < 1.29 is 0 Å². The van der Waals surface area contributed by atoms with Crippen LogP contribution in [0.3, 0.4) is 0 Å². The molecule has 0 saturated heterocycles. The van der Waals surface area contributed by atoms with Gasteiger partial charge < -0.3 is 5.32 Å². The van der Waals surface area contributed by atoms with Crippen molar-refractivity contribution in [2.45, 2.75) is 25.7 Å². The van der Waals surface area contributed by atoms with E-state index >= 15 is 0 Å². The number of hydrogen-bond acceptors (Lipinski definition) is 2. The SMILES string of the molecule is C1=CNCC=N1.c1ccc2c(c1)ccc1c3c(ccc12)CCCC3. The monoisotopic (exact) mass is 314 g/mol. The molecule has 5 rings (SSSR count). The van der Waals surface area contributed by atoms with Crippen LogP contribution in [0.25, 0.3) is 21.5 Å². The first-order valence-corrected chi connectivity index (χ1v) is 8.76. The van der Waals surface area contributed by atoms with Crippen LogP contribution in [-0.2, 0) is 12.8 Å². The zero-order chi connectivity index (χ0) is 16.2. The Bertz CT molecular complexity index is 910. The number of benzene rings is 3. The zero-order valence-corrected chi connectivity index (χ0v) is 13.8. The van der Waals surface area contributed by atoms with Crippen molar-refractivity contribution in [3.05, 3.63) is 72.1 Å². The lowest BCUT2D eigenvalue weighted by atomic mass is 9.86. The van der Waals surface area contributed by atoms with Gasteiger partial charge in [-0.1, -0.05) is 48.5 Å². The molecule has 1 aliphatic carbocycles. The average Bonchev–Trinajstić information content (AvgIpc) is 2.69. The Labute approximate surface area is 142 Å². The molecule has 1 aliphatic heterocycles. The second-order valence-electron chi connectivity index (χ2n) is 6.35. The third kappa shape index (κ3) is 2.92. The molecule has 2 nitrogen and oxygen atoms in total. The molecule has 120 valence electrons. The minimum Gasteiger partial charge on any atom is -0.385 e. The fourth-order valence-electron chi connectivity index (χ4n) is 3.67. The number of nitrogens with zero attached hydrogens (tertiary/aromatic N) is 1. The van der Waals surface area contributed by atoms with Crippen LogP contribution in [0.5, 0.6) is 0 Å². The summed E-state index contributed by atoms with van der Waals surface area (Å²) in [4.78, 5) is 3.81. The maximum atomic E-state index is 3.81. The second kappa shape index (κ2) is 6.88. The van der Waals surface area contributed by atoms with Gasteiger partial charge in [0.25, 0.3) is 0 Å². The van der Waals surface area contributed by atoms with Crippen molar-refractivity contribution in [2.75, 3.05) is 6.54 Å². The number of aryl methyl sites for hydroxylation is 2. The lowest BCUT2D eigenvalue weighted by Crippen LogP contribution is -2.09. The first-order chi connectivity index (χ1) is 11.9. The normalized spacial score (nSPS) is 15.5. The van der Waals surface area contributed by atoms with Crippen molar-refractivity contribution in [1.82, 2.24) is 5.32 Å². The van der Waals surface area contributed by atoms with Gasteiger partial charge in [0.2, 0.25) is 0 Å². The van der Waals surface area contributed by atoms with Crippen LogP contribution in [0.1, 0.15) is 24.0 Å². The largest absolute Gasteiger partial charge is 0.385 e. The molecule has 0 spiro atoms. The molecule has 0 atom stereocenters. The fourth-order valence-corrected chi connectivity index (χ4v) is 3.67. The second-order valence-corrected chi connectivity index (χ2v) is 6.35. The Morgan fingerprint density at radius 2 is 1.67 bits per heavy atom. The van der Waals surface area contributed by atoms with Gasteiger partial charge in [-0.05, 0) is 58.4 Å². The molecule has 0 saturated carbocycles. The molecule has 2 heteroatoms. The molecule has 1 N–H and O–H groups in total. The highest BCUT2D eigenvalue weighted by atomic mass is 14.9. The summed E-state index contributed by atoms with van der Waals surface area (Å²) < 4.78 is 0. The zero-order valence-electron chi connectivity index (χ0n) is 13.8. The van der Waals surface area contributed by atoms with E-state index in [9.17, 15) is 0 Å². The first kappa shape index (κ1) is 14.9. The molecule has 24 heavy (non-hydrogen) atoms. The van der Waals surface area contributed by atoms with Crippen molar-refractivity contribution in [1.29, 1.82) is 0 Å². The fraction of sp³-hybridized carbons (Fsp3) is 0.227. The molecule has 0 radical (unpaired) electrons. The molecule has 0 fully saturated rings. The Kier molecular flexibility index (Phi) is 4.28. The maximum absolute atomic E-state index is 3.81. The van der Waals surface area contributed by atoms with Crippen LogP contribution in [0, 0.1) is 0 Å². The van der Waals surface area contributed by atoms with E-state index in [2.05, 4.69) is 58.8 Å². The Hall–Kier alpha value is -2.61. The van der Waals surface area contributed by atoms with E-state index in [1.807, 2.05) is 12.4 Å². The number of fused-ring (bicyclic) bond motifs is 5. The van der Waals surface area contributed by atoms with Crippen molar-refractivity contribution >= 4 is 27.8 Å². The highest BCUT2D eigenvalue weighted by Gasteiger charge is 2.13. The maximum Gasteiger partial charge on any atom is 0.0498 e. The Morgan fingerprint density at radius 3 is 2.46 bits per heavy atom. The number of aliphatic imine (C=N–C) groups is 1. The van der Waals surface area contributed by atoms with Crippen molar-refractivity contribution in [3.63, 3.8) is 0 Å². The van der Waals surface area contributed by atoms with E-state index in [-0.39, 0.29) is 0 Å². The third-order valence-corrected chi connectivity index (χ3v) is 4.85. The van der Waals surface area contributed by atoms with Gasteiger partial charge in [0.1, 0.15) is 0 Å². The number of nitrogens with one attached hydrogen (secondary N) is 1. The summed E-state index contributed by atoms with van der Waals surface area (Å²) in [6, 6.07) is 18.0. The van der Waals surface area contributed by atoms with E-state index in [4.69, 9.17) is 0 Å². The van der Waals surface area contributed by atoms with E-state index in [0.29, 0.717) is 0 Å². The van der Waals surface area contributed by atoms with Gasteiger partial charge in [0, 0.05) is 25.2 Å². The summed E-state index contributed by atoms with van der Waals surface area (Å²) in [6.45, 7) is 0.872. The Balaban J connectivity index is 0.000000207. The van der Waals surface area contributed by atoms with Crippen LogP contribution < -0.4 is 5.32 Å². The molecule has 1 heterocycles. The van der Waals surface area contributed by atoms with E-state index < -0.39 is 0 Å². The third-order valence-electron chi connectivity index (χ3n) is 4.85. The summed E-state index contributed by atoms with van der Waals surface area (Å²) in [5.74, 6) is 0. The molecule has 3 aromatic carbocycles. The smallest absolute Gasteiger partial charge is 0.0498 e. The molecule has 3 aromatic rings. The molecule has 0 unspecified atom stereocenters. The molecular weight excluding hydrogens is 292 g/mol. The molecule has 0 amide bonds. The van der Waals surface area contributed by atoms with Gasteiger partial charge in [-0.15, -0.1) is 0 Å². The van der Waals surface area contributed by atoms with Gasteiger partial charge in [-0.2, -0.15) is 0 Å². The minimum absolute atomic E-state index is 0.872. The molecule has 2 aliphatic rings. The van der Waals surface area contributed by atoms with Crippen molar-refractivity contribution in [2.24, 2.45) is 4.99 Å². The number of rotatable bonds is 0. The summed E-state index contributed by atoms with van der Waals surface area (Å²) in [7, 11) is 0. The van der Waals surface area contributed by atoms with Gasteiger partial charge in [0.15, 0.2) is 0 Å². The van der Waals surface area contributed by atoms with Gasteiger partial charge >= 0.3 is 0 Å². The van der Waals surface area contributed by atoms with Gasteiger partial charge in [-0.25, -0.2) is 0 Å². The van der Waals surface area contributed by atoms with Crippen molar-refractivity contribution in [3.8, 4) is 0 Å². The molecular formula is C22H22N2. The van der Waals surface area contributed by atoms with Crippen LogP contribution in [0.15, 0.2) is 65.9 Å². The van der Waals surface area contributed by atoms with Crippen LogP contribution in [0.4, 0.5) is 0 Å².